The molecule has 9 heteroatoms. The van der Waals surface area contributed by atoms with Gasteiger partial charge in [0.05, 0.1) is 6.54 Å². The first-order chi connectivity index (χ1) is 13.0. The van der Waals surface area contributed by atoms with E-state index in [1.54, 1.807) is 0 Å². The Morgan fingerprint density at radius 3 is 2.67 bits per heavy atom. The first-order valence-corrected chi connectivity index (χ1v) is 9.03. The molecule has 2 heterocycles. The second kappa shape index (κ2) is 8.52. The molecular formula is C18H24N8O. The van der Waals surface area contributed by atoms with Crippen LogP contribution in [0.4, 0.5) is 5.95 Å². The lowest BCUT2D eigenvalue weighted by Gasteiger charge is -2.10. The summed E-state index contributed by atoms with van der Waals surface area (Å²) >= 11 is 0. The minimum atomic E-state index is -0.193. The van der Waals surface area contributed by atoms with Crippen LogP contribution >= 0.6 is 0 Å². The topological polar surface area (TPSA) is 114 Å². The smallest absolute Gasteiger partial charge is 0.248 e. The number of nitrogens with zero attached hydrogens (tertiary/aromatic N) is 6. The molecule has 3 aromatic rings. The maximum absolute atomic E-state index is 12.0. The number of benzene rings is 1. The Hall–Kier alpha value is -3.10. The van der Waals surface area contributed by atoms with E-state index in [0.29, 0.717) is 18.3 Å². The molecular weight excluding hydrogens is 344 g/mol. The highest BCUT2D eigenvalue weighted by molar-refractivity contribution is 5.88. The van der Waals surface area contributed by atoms with Crippen molar-refractivity contribution in [2.24, 2.45) is 5.92 Å². The number of amides is 1. The standard InChI is InChI=1S/C18H24N8O/c1-12(2)10-14-4-6-15(7-5-14)13(3)17-21-18(23-22-17)20-16(27)8-9-26-11-19-24-25-26/h4-7,11-13H,8-10H2,1-3H3,(H2,20,21,22,23,27)/t13-/m1/s1. The van der Waals surface area contributed by atoms with Gasteiger partial charge in [-0.3, -0.25) is 15.2 Å². The van der Waals surface area contributed by atoms with Crippen LogP contribution in [0.15, 0.2) is 30.6 Å². The third-order valence-electron chi connectivity index (χ3n) is 4.25. The zero-order valence-electron chi connectivity index (χ0n) is 15.8. The summed E-state index contributed by atoms with van der Waals surface area (Å²) in [5.41, 5.74) is 2.48. The zero-order chi connectivity index (χ0) is 19.2. The van der Waals surface area contributed by atoms with Crippen molar-refractivity contribution in [1.82, 2.24) is 35.4 Å². The number of aromatic nitrogens is 7. The molecule has 0 bridgehead atoms. The van der Waals surface area contributed by atoms with Crippen molar-refractivity contribution >= 4 is 11.9 Å². The highest BCUT2D eigenvalue weighted by atomic mass is 16.1. The van der Waals surface area contributed by atoms with Gasteiger partial charge in [-0.05, 0) is 33.9 Å². The SMILES string of the molecule is CC(C)Cc1ccc([C@@H](C)c2nc(NC(=O)CCn3cnnn3)n[nH]2)cc1. The molecule has 142 valence electrons. The number of H-pyrrole nitrogens is 1. The summed E-state index contributed by atoms with van der Waals surface area (Å²) in [6.07, 6.45) is 2.77. The van der Waals surface area contributed by atoms with E-state index in [0.717, 1.165) is 12.0 Å². The molecule has 1 amide bonds. The van der Waals surface area contributed by atoms with Crippen LogP contribution in [0.25, 0.3) is 0 Å². The number of aryl methyl sites for hydroxylation is 1. The number of hydrogen-bond donors (Lipinski definition) is 2. The maximum Gasteiger partial charge on any atom is 0.248 e. The number of rotatable bonds is 8. The van der Waals surface area contributed by atoms with Crippen molar-refractivity contribution in [2.75, 3.05) is 5.32 Å². The second-order valence-corrected chi connectivity index (χ2v) is 6.98. The van der Waals surface area contributed by atoms with Gasteiger partial charge in [-0.2, -0.15) is 4.98 Å². The summed E-state index contributed by atoms with van der Waals surface area (Å²) in [5, 5.41) is 20.5. The predicted molar refractivity (Wildman–Crippen MR) is 99.9 cm³/mol. The average Bonchev–Trinajstić information content (AvgIpc) is 3.31. The van der Waals surface area contributed by atoms with Gasteiger partial charge >= 0.3 is 0 Å². The minimum Gasteiger partial charge on any atom is -0.293 e. The number of aromatic amines is 1. The van der Waals surface area contributed by atoms with Gasteiger partial charge in [-0.15, -0.1) is 10.2 Å². The monoisotopic (exact) mass is 368 g/mol. The van der Waals surface area contributed by atoms with E-state index in [1.807, 2.05) is 0 Å². The molecule has 0 aliphatic carbocycles. The summed E-state index contributed by atoms with van der Waals surface area (Å²) in [7, 11) is 0. The zero-order valence-corrected chi connectivity index (χ0v) is 15.8. The quantitative estimate of drug-likeness (QED) is 0.630. The van der Waals surface area contributed by atoms with Crippen LogP contribution in [0.5, 0.6) is 0 Å². The highest BCUT2D eigenvalue weighted by Gasteiger charge is 2.15. The molecule has 3 rings (SSSR count). The molecule has 0 aliphatic heterocycles. The molecule has 2 N–H and O–H groups in total. The van der Waals surface area contributed by atoms with Gasteiger partial charge in [0.2, 0.25) is 11.9 Å². The van der Waals surface area contributed by atoms with Gasteiger partial charge < -0.3 is 0 Å². The number of carbonyl (C=O) groups excluding carboxylic acids is 1. The van der Waals surface area contributed by atoms with Gasteiger partial charge in [0.1, 0.15) is 12.2 Å². The fourth-order valence-corrected chi connectivity index (χ4v) is 2.78. The molecule has 0 unspecified atom stereocenters. The normalized spacial score (nSPS) is 12.3. The molecule has 27 heavy (non-hydrogen) atoms. The average molecular weight is 368 g/mol. The van der Waals surface area contributed by atoms with Crippen molar-refractivity contribution in [1.29, 1.82) is 0 Å². The Bertz CT molecular complexity index is 854. The van der Waals surface area contributed by atoms with Crippen molar-refractivity contribution in [3.63, 3.8) is 0 Å². The Kier molecular flexibility index (Phi) is 5.90. The molecule has 0 saturated heterocycles. The molecule has 0 spiro atoms. The summed E-state index contributed by atoms with van der Waals surface area (Å²) in [5.74, 6) is 1.48. The Morgan fingerprint density at radius 1 is 1.22 bits per heavy atom. The molecule has 2 aromatic heterocycles. The summed E-state index contributed by atoms with van der Waals surface area (Å²) < 4.78 is 1.49. The van der Waals surface area contributed by atoms with Crippen LogP contribution in [-0.2, 0) is 17.8 Å². The van der Waals surface area contributed by atoms with Crippen LogP contribution in [0, 0.1) is 5.92 Å². The fourth-order valence-electron chi connectivity index (χ4n) is 2.78. The minimum absolute atomic E-state index is 0.0532. The third-order valence-corrected chi connectivity index (χ3v) is 4.25. The van der Waals surface area contributed by atoms with E-state index < -0.39 is 0 Å². The second-order valence-electron chi connectivity index (χ2n) is 6.98. The van der Waals surface area contributed by atoms with Crippen LogP contribution in [0.3, 0.4) is 0 Å². The number of carbonyl (C=O) groups is 1. The van der Waals surface area contributed by atoms with Crippen molar-refractivity contribution in [3.8, 4) is 0 Å². The molecule has 0 fully saturated rings. The first kappa shape index (κ1) is 18.7. The van der Waals surface area contributed by atoms with Gasteiger partial charge in [0.15, 0.2) is 0 Å². The van der Waals surface area contributed by atoms with Gasteiger partial charge in [0, 0.05) is 12.3 Å². The first-order valence-electron chi connectivity index (χ1n) is 9.03. The van der Waals surface area contributed by atoms with E-state index in [-0.39, 0.29) is 24.2 Å². The van der Waals surface area contributed by atoms with E-state index in [9.17, 15) is 4.79 Å². The van der Waals surface area contributed by atoms with E-state index >= 15 is 0 Å². The molecule has 1 atom stereocenters. The molecule has 0 aliphatic rings. The van der Waals surface area contributed by atoms with Crippen LogP contribution in [0.2, 0.25) is 0 Å². The predicted octanol–water partition coefficient (Wildman–Crippen LogP) is 2.17. The lowest BCUT2D eigenvalue weighted by atomic mass is 9.96. The summed E-state index contributed by atoms with van der Waals surface area (Å²) in [4.78, 5) is 16.4. The number of nitrogens with one attached hydrogen (secondary N) is 2. The van der Waals surface area contributed by atoms with Crippen LogP contribution in [0.1, 0.15) is 50.1 Å². The molecule has 1 aromatic carbocycles. The van der Waals surface area contributed by atoms with Crippen LogP contribution < -0.4 is 5.32 Å². The summed E-state index contributed by atoms with van der Waals surface area (Å²) in [6.45, 7) is 6.88. The van der Waals surface area contributed by atoms with E-state index in [2.05, 4.69) is 81.1 Å². The highest BCUT2D eigenvalue weighted by Crippen LogP contribution is 2.22. The summed E-state index contributed by atoms with van der Waals surface area (Å²) in [6, 6.07) is 8.55. The van der Waals surface area contributed by atoms with Gasteiger partial charge in [-0.1, -0.05) is 45.0 Å². The largest absolute Gasteiger partial charge is 0.293 e. The van der Waals surface area contributed by atoms with Crippen molar-refractivity contribution in [3.05, 3.63) is 47.5 Å². The molecule has 9 nitrogen and oxygen atoms in total. The van der Waals surface area contributed by atoms with Gasteiger partial charge in [-0.25, -0.2) is 4.68 Å². The Balaban J connectivity index is 1.56. The van der Waals surface area contributed by atoms with E-state index in [4.69, 9.17) is 0 Å². The Morgan fingerprint density at radius 2 is 2.00 bits per heavy atom. The third kappa shape index (κ3) is 5.19. The van der Waals surface area contributed by atoms with Crippen molar-refractivity contribution in [2.45, 2.75) is 46.1 Å². The molecule has 0 saturated carbocycles. The molecule has 0 radical (unpaired) electrons. The number of hydrogen-bond acceptors (Lipinski definition) is 6. The number of tetrazole rings is 1. The lowest BCUT2D eigenvalue weighted by Crippen LogP contribution is -2.15. The van der Waals surface area contributed by atoms with Gasteiger partial charge in [0.25, 0.3) is 0 Å². The fraction of sp³-hybridized carbons (Fsp3) is 0.444. The Labute approximate surface area is 157 Å². The van der Waals surface area contributed by atoms with Crippen molar-refractivity contribution < 1.29 is 4.79 Å². The number of anilines is 1. The van der Waals surface area contributed by atoms with E-state index in [1.165, 1.54) is 16.6 Å². The van der Waals surface area contributed by atoms with Crippen LogP contribution in [-0.4, -0.2) is 41.3 Å². The maximum atomic E-state index is 12.0. The lowest BCUT2D eigenvalue weighted by molar-refractivity contribution is -0.116.